The van der Waals surface area contributed by atoms with Crippen LogP contribution in [0.3, 0.4) is 0 Å². The Morgan fingerprint density at radius 3 is 2.81 bits per heavy atom. The van der Waals surface area contributed by atoms with E-state index in [2.05, 4.69) is 20.1 Å². The minimum atomic E-state index is -0.353. The average Bonchev–Trinajstić information content (AvgIpc) is 3.70. The van der Waals surface area contributed by atoms with Gasteiger partial charge in [-0.25, -0.2) is 9.40 Å². The van der Waals surface area contributed by atoms with Crippen LogP contribution in [0.5, 0.6) is 0 Å². The number of carbonyl (C=O) groups is 1. The summed E-state index contributed by atoms with van der Waals surface area (Å²) in [7, 11) is 0. The molecule has 4 aromatic rings. The number of carbonyl (C=O) groups excluding carboxylic acids is 1. The number of hydrogen-bond acceptors (Lipinski definition) is 8. The molecule has 2 aliphatic rings. The Bertz CT molecular complexity index is 1360. The highest BCUT2D eigenvalue weighted by molar-refractivity contribution is 6.01. The Labute approximate surface area is 206 Å². The van der Waals surface area contributed by atoms with Crippen molar-refractivity contribution in [1.29, 1.82) is 0 Å². The summed E-state index contributed by atoms with van der Waals surface area (Å²) in [5, 5.41) is 10.2. The third-order valence-corrected chi connectivity index (χ3v) is 6.58. The molecule has 0 saturated carbocycles. The van der Waals surface area contributed by atoms with E-state index in [1.54, 1.807) is 36.8 Å². The molecule has 1 saturated heterocycles. The first-order valence-electron chi connectivity index (χ1n) is 11.9. The molecule has 3 aromatic heterocycles. The minimum Gasteiger partial charge on any atom is -0.467 e. The second-order valence-corrected chi connectivity index (χ2v) is 9.04. The Morgan fingerprint density at radius 2 is 2.00 bits per heavy atom. The number of amides is 1. The van der Waals surface area contributed by atoms with E-state index >= 15 is 0 Å². The molecule has 0 spiro atoms. The molecular formula is C26H24FN5O4. The quantitative estimate of drug-likeness (QED) is 0.390. The first-order valence-corrected chi connectivity index (χ1v) is 11.9. The van der Waals surface area contributed by atoms with E-state index in [0.29, 0.717) is 47.5 Å². The maximum absolute atomic E-state index is 13.6. The van der Waals surface area contributed by atoms with Crippen molar-refractivity contribution in [2.45, 2.75) is 31.2 Å². The highest BCUT2D eigenvalue weighted by Gasteiger charge is 2.37. The van der Waals surface area contributed by atoms with Crippen LogP contribution in [-0.4, -0.2) is 51.3 Å². The summed E-state index contributed by atoms with van der Waals surface area (Å²) in [5.74, 6) is 1.70. The van der Waals surface area contributed by atoms with Crippen LogP contribution in [0, 0.1) is 5.82 Å². The zero-order chi connectivity index (χ0) is 24.5. The van der Waals surface area contributed by atoms with Gasteiger partial charge in [-0.1, -0.05) is 17.3 Å². The van der Waals surface area contributed by atoms with E-state index in [4.69, 9.17) is 13.4 Å². The SMILES string of the molecule is O=C(CN1CCCC(c2nc(-c3cccc(F)c3)no2)C1)N1N=C(c2ccco2)CC1c1ccco1. The van der Waals surface area contributed by atoms with E-state index in [9.17, 15) is 9.18 Å². The number of likely N-dealkylation sites (tertiary alicyclic amines) is 1. The van der Waals surface area contributed by atoms with Crippen LogP contribution in [0.4, 0.5) is 4.39 Å². The van der Waals surface area contributed by atoms with Gasteiger partial charge >= 0.3 is 0 Å². The summed E-state index contributed by atoms with van der Waals surface area (Å²) in [6.07, 6.45) is 5.46. The number of furan rings is 2. The average molecular weight is 490 g/mol. The maximum atomic E-state index is 13.6. The highest BCUT2D eigenvalue weighted by atomic mass is 19.1. The van der Waals surface area contributed by atoms with Crippen molar-refractivity contribution in [1.82, 2.24) is 20.0 Å². The maximum Gasteiger partial charge on any atom is 0.257 e. The van der Waals surface area contributed by atoms with Crippen molar-refractivity contribution in [2.75, 3.05) is 19.6 Å². The van der Waals surface area contributed by atoms with Crippen LogP contribution in [-0.2, 0) is 4.79 Å². The lowest BCUT2D eigenvalue weighted by atomic mass is 9.98. The lowest BCUT2D eigenvalue weighted by molar-refractivity contribution is -0.134. The fourth-order valence-corrected chi connectivity index (χ4v) is 4.84. The van der Waals surface area contributed by atoms with Crippen molar-refractivity contribution in [3.05, 3.63) is 84.3 Å². The molecule has 10 heteroatoms. The molecule has 0 N–H and O–H groups in total. The molecule has 6 rings (SSSR count). The van der Waals surface area contributed by atoms with Crippen LogP contribution in [0.15, 0.2) is 79.5 Å². The Morgan fingerprint density at radius 1 is 1.11 bits per heavy atom. The summed E-state index contributed by atoms with van der Waals surface area (Å²) in [6.45, 7) is 1.58. The van der Waals surface area contributed by atoms with Crippen LogP contribution in [0.1, 0.15) is 48.6 Å². The van der Waals surface area contributed by atoms with Gasteiger partial charge in [0.25, 0.3) is 5.91 Å². The molecule has 2 aliphatic heterocycles. The normalized spacial score (nSPS) is 20.6. The topological polar surface area (TPSA) is 101 Å². The van der Waals surface area contributed by atoms with Crippen molar-refractivity contribution >= 4 is 11.6 Å². The summed E-state index contributed by atoms with van der Waals surface area (Å²) < 4.78 is 30.2. The minimum absolute atomic E-state index is 0.0111. The van der Waals surface area contributed by atoms with Gasteiger partial charge in [0.15, 0.2) is 0 Å². The molecule has 0 radical (unpaired) electrons. The number of aromatic nitrogens is 2. The molecule has 2 unspecified atom stereocenters. The Balaban J connectivity index is 1.16. The fourth-order valence-electron chi connectivity index (χ4n) is 4.84. The van der Waals surface area contributed by atoms with E-state index < -0.39 is 0 Å². The van der Waals surface area contributed by atoms with Gasteiger partial charge in [0.2, 0.25) is 11.7 Å². The van der Waals surface area contributed by atoms with Crippen LogP contribution in [0.25, 0.3) is 11.4 Å². The largest absolute Gasteiger partial charge is 0.467 e. The van der Waals surface area contributed by atoms with Gasteiger partial charge in [0, 0.05) is 18.5 Å². The van der Waals surface area contributed by atoms with Gasteiger partial charge in [-0.15, -0.1) is 0 Å². The Kier molecular flexibility index (Phi) is 5.94. The number of hydrazone groups is 1. The van der Waals surface area contributed by atoms with Gasteiger partial charge < -0.3 is 13.4 Å². The molecule has 2 atom stereocenters. The summed E-state index contributed by atoms with van der Waals surface area (Å²) in [5.41, 5.74) is 1.28. The van der Waals surface area contributed by atoms with Gasteiger partial charge in [-0.05, 0) is 55.8 Å². The number of benzene rings is 1. The number of rotatable bonds is 6. The molecule has 9 nitrogen and oxygen atoms in total. The number of hydrogen-bond donors (Lipinski definition) is 0. The van der Waals surface area contributed by atoms with E-state index in [1.807, 2.05) is 12.1 Å². The second-order valence-electron chi connectivity index (χ2n) is 9.04. The summed E-state index contributed by atoms with van der Waals surface area (Å²) in [4.78, 5) is 20.0. The fraction of sp³-hybridized carbons (Fsp3) is 0.308. The molecule has 0 bridgehead atoms. The first kappa shape index (κ1) is 22.4. The van der Waals surface area contributed by atoms with E-state index in [0.717, 1.165) is 19.4 Å². The lowest BCUT2D eigenvalue weighted by Crippen LogP contribution is -2.42. The monoisotopic (exact) mass is 489 g/mol. The zero-order valence-electron chi connectivity index (χ0n) is 19.4. The molecule has 5 heterocycles. The summed E-state index contributed by atoms with van der Waals surface area (Å²) >= 11 is 0. The number of halogens is 1. The standard InChI is InChI=1S/C26H24FN5O4/c27-19-7-1-5-17(13-19)25-28-26(36-30-25)18-6-2-10-31(15-18)16-24(33)32-21(23-9-4-12-35-23)14-20(29-32)22-8-3-11-34-22/h1,3-5,7-9,11-13,18,21H,2,6,10,14-16H2. The molecule has 1 fully saturated rings. The smallest absolute Gasteiger partial charge is 0.257 e. The first-order chi connectivity index (χ1) is 17.6. The molecular weight excluding hydrogens is 465 g/mol. The van der Waals surface area contributed by atoms with Gasteiger partial charge in [-0.2, -0.15) is 10.1 Å². The van der Waals surface area contributed by atoms with Gasteiger partial charge in [0.1, 0.15) is 29.1 Å². The summed E-state index contributed by atoms with van der Waals surface area (Å²) in [6, 6.07) is 13.1. The molecule has 184 valence electrons. The van der Waals surface area contributed by atoms with Crippen molar-refractivity contribution in [2.24, 2.45) is 5.10 Å². The molecule has 0 aliphatic carbocycles. The van der Waals surface area contributed by atoms with Crippen molar-refractivity contribution in [3.63, 3.8) is 0 Å². The van der Waals surface area contributed by atoms with E-state index in [1.165, 1.54) is 17.1 Å². The van der Waals surface area contributed by atoms with Crippen molar-refractivity contribution in [3.8, 4) is 11.4 Å². The Hall–Kier alpha value is -4.05. The second kappa shape index (κ2) is 9.54. The third-order valence-electron chi connectivity index (χ3n) is 6.58. The third kappa shape index (κ3) is 4.47. The van der Waals surface area contributed by atoms with Crippen LogP contribution < -0.4 is 0 Å². The van der Waals surface area contributed by atoms with Crippen LogP contribution in [0.2, 0.25) is 0 Å². The molecule has 36 heavy (non-hydrogen) atoms. The lowest BCUT2D eigenvalue weighted by Gasteiger charge is -2.31. The number of nitrogens with zero attached hydrogens (tertiary/aromatic N) is 5. The van der Waals surface area contributed by atoms with Crippen molar-refractivity contribution < 1.29 is 22.5 Å². The molecule has 1 amide bonds. The predicted molar refractivity (Wildman–Crippen MR) is 126 cm³/mol. The van der Waals surface area contributed by atoms with E-state index in [-0.39, 0.29) is 30.2 Å². The van der Waals surface area contributed by atoms with Gasteiger partial charge in [0.05, 0.1) is 25.0 Å². The highest BCUT2D eigenvalue weighted by Crippen LogP contribution is 2.34. The zero-order valence-corrected chi connectivity index (χ0v) is 19.4. The van der Waals surface area contributed by atoms with Gasteiger partial charge in [-0.3, -0.25) is 9.69 Å². The van der Waals surface area contributed by atoms with Crippen LogP contribution >= 0.6 is 0 Å². The molecule has 1 aromatic carbocycles. The predicted octanol–water partition coefficient (Wildman–Crippen LogP) is 4.62. The number of piperidine rings is 1.